The van der Waals surface area contributed by atoms with Crippen LogP contribution in [0.3, 0.4) is 0 Å². The number of ketones is 1. The van der Waals surface area contributed by atoms with Crippen molar-refractivity contribution >= 4 is 23.3 Å². The summed E-state index contributed by atoms with van der Waals surface area (Å²) in [6, 6.07) is 18.2. The van der Waals surface area contributed by atoms with Gasteiger partial charge in [0.1, 0.15) is 11.6 Å². The highest BCUT2D eigenvalue weighted by Crippen LogP contribution is 2.16. The summed E-state index contributed by atoms with van der Waals surface area (Å²) < 4.78 is 18.5. The summed E-state index contributed by atoms with van der Waals surface area (Å²) in [5.41, 5.74) is 1.73. The van der Waals surface area contributed by atoms with E-state index in [1.54, 1.807) is 48.5 Å². The highest BCUT2D eigenvalue weighted by molar-refractivity contribution is 6.09. The van der Waals surface area contributed by atoms with Crippen molar-refractivity contribution in [2.45, 2.75) is 6.92 Å². The zero-order valence-corrected chi connectivity index (χ0v) is 16.9. The third kappa shape index (κ3) is 5.99. The van der Waals surface area contributed by atoms with Gasteiger partial charge >= 0.3 is 0 Å². The SMILES string of the molecule is CCNC(=O)c1cccc(NC(=O)COc2ccc(C(=O)c3ccc(F)cc3)cc2)c1. The van der Waals surface area contributed by atoms with Gasteiger partial charge in [0.15, 0.2) is 12.4 Å². The van der Waals surface area contributed by atoms with E-state index in [2.05, 4.69) is 10.6 Å². The fraction of sp³-hybridized carbons (Fsp3) is 0.125. The van der Waals surface area contributed by atoms with Crippen molar-refractivity contribution in [1.29, 1.82) is 0 Å². The van der Waals surface area contributed by atoms with E-state index < -0.39 is 5.82 Å². The second-order valence-electron chi connectivity index (χ2n) is 6.64. The van der Waals surface area contributed by atoms with Crippen molar-refractivity contribution in [2.75, 3.05) is 18.5 Å². The number of benzene rings is 3. The lowest BCUT2D eigenvalue weighted by Gasteiger charge is -2.09. The largest absolute Gasteiger partial charge is 0.484 e. The molecule has 0 unspecified atom stereocenters. The number of rotatable bonds is 8. The van der Waals surface area contributed by atoms with Gasteiger partial charge in [-0.2, -0.15) is 0 Å². The molecule has 0 aromatic heterocycles. The number of carbonyl (C=O) groups is 3. The Morgan fingerprint density at radius 1 is 0.871 bits per heavy atom. The molecular weight excluding hydrogens is 399 g/mol. The van der Waals surface area contributed by atoms with Crippen LogP contribution in [-0.2, 0) is 4.79 Å². The average molecular weight is 420 g/mol. The second-order valence-corrected chi connectivity index (χ2v) is 6.64. The molecule has 3 rings (SSSR count). The first-order valence-electron chi connectivity index (χ1n) is 9.67. The maximum Gasteiger partial charge on any atom is 0.262 e. The number of anilines is 1. The quantitative estimate of drug-likeness (QED) is 0.543. The molecule has 0 fully saturated rings. The van der Waals surface area contributed by atoms with Crippen LogP contribution >= 0.6 is 0 Å². The maximum absolute atomic E-state index is 13.0. The molecule has 31 heavy (non-hydrogen) atoms. The summed E-state index contributed by atoms with van der Waals surface area (Å²) in [6.07, 6.45) is 0. The summed E-state index contributed by atoms with van der Waals surface area (Å²) in [4.78, 5) is 36.4. The van der Waals surface area contributed by atoms with E-state index in [0.717, 1.165) is 0 Å². The molecule has 0 heterocycles. The molecule has 0 atom stereocenters. The Hall–Kier alpha value is -4.00. The molecule has 0 spiro atoms. The Bertz CT molecular complexity index is 1080. The second kappa shape index (κ2) is 10.2. The summed E-state index contributed by atoms with van der Waals surface area (Å²) in [6.45, 7) is 2.10. The third-order valence-corrected chi connectivity index (χ3v) is 4.34. The first kappa shape index (κ1) is 21.7. The standard InChI is InChI=1S/C24H21FN2O4/c1-2-26-24(30)18-4-3-5-20(14-18)27-22(28)15-31-21-12-8-17(9-13-21)23(29)16-6-10-19(25)11-7-16/h3-14H,2,15H2,1H3,(H,26,30)(H,27,28). The van der Waals surface area contributed by atoms with Crippen LogP contribution in [0.2, 0.25) is 0 Å². The van der Waals surface area contributed by atoms with Crippen LogP contribution in [-0.4, -0.2) is 30.7 Å². The minimum Gasteiger partial charge on any atom is -0.484 e. The van der Waals surface area contributed by atoms with Crippen LogP contribution in [0.5, 0.6) is 5.75 Å². The van der Waals surface area contributed by atoms with E-state index in [1.165, 1.54) is 24.3 Å². The summed E-state index contributed by atoms with van der Waals surface area (Å²) in [7, 11) is 0. The molecule has 0 saturated heterocycles. The van der Waals surface area contributed by atoms with Gasteiger partial charge in [-0.3, -0.25) is 14.4 Å². The molecule has 0 saturated carbocycles. The van der Waals surface area contributed by atoms with Crippen molar-refractivity contribution in [1.82, 2.24) is 5.32 Å². The molecule has 2 N–H and O–H groups in total. The molecule has 3 aromatic rings. The highest BCUT2D eigenvalue weighted by Gasteiger charge is 2.11. The molecule has 0 bridgehead atoms. The van der Waals surface area contributed by atoms with Crippen molar-refractivity contribution in [3.63, 3.8) is 0 Å². The Kier molecular flexibility index (Phi) is 7.11. The Balaban J connectivity index is 1.55. The first-order chi connectivity index (χ1) is 15.0. The van der Waals surface area contributed by atoms with Crippen molar-refractivity contribution in [3.05, 3.63) is 95.3 Å². The molecule has 0 radical (unpaired) electrons. The molecule has 7 heteroatoms. The van der Waals surface area contributed by atoms with E-state index in [4.69, 9.17) is 4.74 Å². The first-order valence-corrected chi connectivity index (χ1v) is 9.67. The lowest BCUT2D eigenvalue weighted by molar-refractivity contribution is -0.118. The fourth-order valence-electron chi connectivity index (χ4n) is 2.82. The van der Waals surface area contributed by atoms with E-state index in [-0.39, 0.29) is 24.2 Å². The van der Waals surface area contributed by atoms with Crippen molar-refractivity contribution in [2.24, 2.45) is 0 Å². The van der Waals surface area contributed by atoms with Crippen LogP contribution in [0.4, 0.5) is 10.1 Å². The Morgan fingerprint density at radius 2 is 1.52 bits per heavy atom. The number of halogens is 1. The van der Waals surface area contributed by atoms with Gasteiger partial charge in [0.05, 0.1) is 0 Å². The third-order valence-electron chi connectivity index (χ3n) is 4.34. The van der Waals surface area contributed by atoms with Gasteiger partial charge in [-0.1, -0.05) is 6.07 Å². The predicted molar refractivity (Wildman–Crippen MR) is 115 cm³/mol. The van der Waals surface area contributed by atoms with Gasteiger partial charge in [-0.05, 0) is 73.7 Å². The van der Waals surface area contributed by atoms with Crippen LogP contribution in [0, 0.1) is 5.82 Å². The molecular formula is C24H21FN2O4. The summed E-state index contributed by atoms with van der Waals surface area (Å²) in [5.74, 6) is -0.836. The van der Waals surface area contributed by atoms with Gasteiger partial charge in [0.25, 0.3) is 11.8 Å². The number of carbonyl (C=O) groups excluding carboxylic acids is 3. The molecule has 158 valence electrons. The maximum atomic E-state index is 13.0. The van der Waals surface area contributed by atoms with Crippen molar-refractivity contribution < 1.29 is 23.5 Å². The van der Waals surface area contributed by atoms with Gasteiger partial charge in [0.2, 0.25) is 0 Å². The van der Waals surface area contributed by atoms with E-state index in [0.29, 0.717) is 34.7 Å². The van der Waals surface area contributed by atoms with Gasteiger partial charge < -0.3 is 15.4 Å². The monoisotopic (exact) mass is 420 g/mol. The number of amides is 2. The smallest absolute Gasteiger partial charge is 0.262 e. The number of hydrogen-bond acceptors (Lipinski definition) is 4. The number of hydrogen-bond donors (Lipinski definition) is 2. The lowest BCUT2D eigenvalue weighted by Crippen LogP contribution is -2.23. The van der Waals surface area contributed by atoms with Crippen LogP contribution in [0.25, 0.3) is 0 Å². The fourth-order valence-corrected chi connectivity index (χ4v) is 2.82. The molecule has 0 aliphatic carbocycles. The summed E-state index contributed by atoms with van der Waals surface area (Å²) in [5, 5.41) is 5.37. The lowest BCUT2D eigenvalue weighted by atomic mass is 10.0. The average Bonchev–Trinajstić information content (AvgIpc) is 2.78. The molecule has 2 amide bonds. The van der Waals surface area contributed by atoms with Gasteiger partial charge in [-0.25, -0.2) is 4.39 Å². The zero-order chi connectivity index (χ0) is 22.2. The van der Waals surface area contributed by atoms with Gasteiger partial charge in [-0.15, -0.1) is 0 Å². The Labute approximate surface area is 179 Å². The van der Waals surface area contributed by atoms with Crippen molar-refractivity contribution in [3.8, 4) is 5.75 Å². The van der Waals surface area contributed by atoms with E-state index >= 15 is 0 Å². The minimum atomic E-state index is -0.408. The van der Waals surface area contributed by atoms with E-state index in [1.807, 2.05) is 6.92 Å². The van der Waals surface area contributed by atoms with Crippen LogP contribution < -0.4 is 15.4 Å². The molecule has 0 aliphatic rings. The molecule has 6 nitrogen and oxygen atoms in total. The van der Waals surface area contributed by atoms with Crippen LogP contribution in [0.15, 0.2) is 72.8 Å². The topological polar surface area (TPSA) is 84.5 Å². The normalized spacial score (nSPS) is 10.3. The Morgan fingerprint density at radius 3 is 2.16 bits per heavy atom. The minimum absolute atomic E-state index is 0.217. The predicted octanol–water partition coefficient (Wildman–Crippen LogP) is 3.82. The van der Waals surface area contributed by atoms with Crippen LogP contribution in [0.1, 0.15) is 33.2 Å². The molecule has 3 aromatic carbocycles. The molecule has 0 aliphatic heterocycles. The highest BCUT2D eigenvalue weighted by atomic mass is 19.1. The van der Waals surface area contributed by atoms with Gasteiger partial charge in [0, 0.05) is 28.9 Å². The number of nitrogens with one attached hydrogen (secondary N) is 2. The number of ether oxygens (including phenoxy) is 1. The zero-order valence-electron chi connectivity index (χ0n) is 16.9. The van der Waals surface area contributed by atoms with E-state index in [9.17, 15) is 18.8 Å². The summed E-state index contributed by atoms with van der Waals surface area (Å²) >= 11 is 0.